The number of nitrogens with zero attached hydrogens (tertiary/aromatic N) is 2. The van der Waals surface area contributed by atoms with Crippen molar-refractivity contribution in [1.82, 2.24) is 4.98 Å². The smallest absolute Gasteiger partial charge is 0.125 e. The van der Waals surface area contributed by atoms with Crippen molar-refractivity contribution in [2.24, 2.45) is 0 Å². The number of hydrogen-bond acceptors (Lipinski definition) is 6. The van der Waals surface area contributed by atoms with Crippen LogP contribution in [-0.2, 0) is 4.74 Å². The molecule has 2 aliphatic heterocycles. The maximum atomic E-state index is 6.70. The number of ether oxygens (including phenoxy) is 1. The summed E-state index contributed by atoms with van der Waals surface area (Å²) in [5.74, 6) is 1.61. The quantitative estimate of drug-likeness (QED) is 0.804. The Morgan fingerprint density at radius 2 is 2.23 bits per heavy atom. The molecule has 1 aromatic heterocycles. The normalized spacial score (nSPS) is 20.2. The van der Waals surface area contributed by atoms with Gasteiger partial charge in [-0.3, -0.25) is 0 Å². The van der Waals surface area contributed by atoms with E-state index < -0.39 is 0 Å². The first-order valence-electron chi connectivity index (χ1n) is 8.90. The summed E-state index contributed by atoms with van der Waals surface area (Å²) in [5, 5.41) is 4.28. The SMILES string of the molecule is Cc1cc(N2CCCOCC2c2cc3c(cc2Cl)SCCN3)cc(N)n1. The van der Waals surface area contributed by atoms with Gasteiger partial charge in [0.15, 0.2) is 0 Å². The van der Waals surface area contributed by atoms with Crippen LogP contribution < -0.4 is 16.0 Å². The summed E-state index contributed by atoms with van der Waals surface area (Å²) >= 11 is 8.55. The van der Waals surface area contributed by atoms with Crippen molar-refractivity contribution in [3.8, 4) is 0 Å². The Bertz CT molecular complexity index is 796. The molecule has 0 aliphatic carbocycles. The van der Waals surface area contributed by atoms with Crippen LogP contribution in [0.3, 0.4) is 0 Å². The van der Waals surface area contributed by atoms with E-state index in [0.29, 0.717) is 12.4 Å². The number of nitrogens with two attached hydrogens (primary N) is 1. The lowest BCUT2D eigenvalue weighted by atomic mass is 10.0. The number of nitrogen functional groups attached to an aromatic ring is 1. The van der Waals surface area contributed by atoms with E-state index in [4.69, 9.17) is 22.1 Å². The second-order valence-corrected chi connectivity index (χ2v) is 8.22. The molecule has 4 rings (SSSR count). The molecule has 0 amide bonds. The van der Waals surface area contributed by atoms with E-state index in [2.05, 4.69) is 33.4 Å². The third-order valence-corrected chi connectivity index (χ3v) is 6.15. The summed E-state index contributed by atoms with van der Waals surface area (Å²) in [6.07, 6.45) is 0.967. The molecule has 1 unspecified atom stereocenters. The van der Waals surface area contributed by atoms with E-state index in [1.807, 2.05) is 24.8 Å². The predicted molar refractivity (Wildman–Crippen MR) is 110 cm³/mol. The molecule has 5 nitrogen and oxygen atoms in total. The number of fused-ring (bicyclic) bond motifs is 1. The number of aromatic nitrogens is 1. The molecule has 0 spiro atoms. The number of aryl methyl sites for hydroxylation is 1. The standard InChI is InChI=1S/C19H23ClN4OS/c1-12-7-13(8-19(21)23-12)24-4-2-5-25-11-17(24)14-9-16-18(10-15(14)20)26-6-3-22-16/h7-10,17,22H,2-6,11H2,1H3,(H2,21,23). The molecule has 3 N–H and O–H groups in total. The highest BCUT2D eigenvalue weighted by atomic mass is 35.5. The van der Waals surface area contributed by atoms with Crippen LogP contribution in [0.25, 0.3) is 0 Å². The summed E-state index contributed by atoms with van der Waals surface area (Å²) in [6.45, 7) is 5.19. The Morgan fingerprint density at radius 1 is 1.35 bits per heavy atom. The van der Waals surface area contributed by atoms with Crippen LogP contribution in [-0.4, -0.2) is 37.0 Å². The predicted octanol–water partition coefficient (Wildman–Crippen LogP) is 4.11. The summed E-state index contributed by atoms with van der Waals surface area (Å²) in [7, 11) is 0. The number of hydrogen-bond donors (Lipinski definition) is 2. The van der Waals surface area contributed by atoms with E-state index in [0.717, 1.165) is 59.5 Å². The third-order valence-electron chi connectivity index (χ3n) is 4.76. The van der Waals surface area contributed by atoms with E-state index in [1.54, 1.807) is 0 Å². The van der Waals surface area contributed by atoms with Crippen LogP contribution >= 0.6 is 23.4 Å². The highest BCUT2D eigenvalue weighted by molar-refractivity contribution is 7.99. The van der Waals surface area contributed by atoms with Gasteiger partial charge < -0.3 is 20.7 Å². The molecular weight excluding hydrogens is 368 g/mol. The molecule has 1 atom stereocenters. The van der Waals surface area contributed by atoms with Gasteiger partial charge in [-0.2, -0.15) is 0 Å². The second kappa shape index (κ2) is 7.55. The Kier molecular flexibility index (Phi) is 5.16. The molecule has 138 valence electrons. The number of pyridine rings is 1. The van der Waals surface area contributed by atoms with Crippen molar-refractivity contribution < 1.29 is 4.74 Å². The Labute approximate surface area is 163 Å². The average Bonchev–Trinajstić information content (AvgIpc) is 2.86. The summed E-state index contributed by atoms with van der Waals surface area (Å²) in [6, 6.07) is 8.33. The zero-order valence-corrected chi connectivity index (χ0v) is 16.4. The van der Waals surface area contributed by atoms with Gasteiger partial charge >= 0.3 is 0 Å². The van der Waals surface area contributed by atoms with E-state index in [9.17, 15) is 0 Å². The lowest BCUT2D eigenvalue weighted by Gasteiger charge is -2.33. The zero-order chi connectivity index (χ0) is 18.1. The van der Waals surface area contributed by atoms with Gasteiger partial charge in [0, 0.05) is 58.5 Å². The van der Waals surface area contributed by atoms with Crippen molar-refractivity contribution in [1.29, 1.82) is 0 Å². The van der Waals surface area contributed by atoms with Crippen LogP contribution in [0.5, 0.6) is 0 Å². The van der Waals surface area contributed by atoms with Crippen molar-refractivity contribution in [2.75, 3.05) is 48.0 Å². The van der Waals surface area contributed by atoms with Gasteiger partial charge in [0.05, 0.1) is 12.6 Å². The minimum Gasteiger partial charge on any atom is -0.384 e. The zero-order valence-electron chi connectivity index (χ0n) is 14.8. The fraction of sp³-hybridized carbons (Fsp3) is 0.421. The highest BCUT2D eigenvalue weighted by Gasteiger charge is 2.27. The first-order valence-corrected chi connectivity index (χ1v) is 10.3. The molecule has 2 aromatic rings. The van der Waals surface area contributed by atoms with Gasteiger partial charge in [-0.25, -0.2) is 4.98 Å². The molecule has 1 fully saturated rings. The number of nitrogens with one attached hydrogen (secondary N) is 1. The van der Waals surface area contributed by atoms with Gasteiger partial charge in [0.2, 0.25) is 0 Å². The minimum absolute atomic E-state index is 0.0465. The lowest BCUT2D eigenvalue weighted by molar-refractivity contribution is 0.134. The molecule has 26 heavy (non-hydrogen) atoms. The van der Waals surface area contributed by atoms with Gasteiger partial charge in [-0.05, 0) is 37.1 Å². The van der Waals surface area contributed by atoms with Gasteiger partial charge in [-0.15, -0.1) is 11.8 Å². The number of halogens is 1. The lowest BCUT2D eigenvalue weighted by Crippen LogP contribution is -2.31. The Morgan fingerprint density at radius 3 is 3.08 bits per heavy atom. The Hall–Kier alpha value is -1.63. The first-order chi connectivity index (χ1) is 12.6. The molecular formula is C19H23ClN4OS. The monoisotopic (exact) mass is 390 g/mol. The van der Waals surface area contributed by atoms with Crippen LogP contribution in [0, 0.1) is 6.92 Å². The highest BCUT2D eigenvalue weighted by Crippen LogP contribution is 2.40. The van der Waals surface area contributed by atoms with Crippen molar-refractivity contribution in [3.63, 3.8) is 0 Å². The molecule has 2 aliphatic rings. The summed E-state index contributed by atoms with van der Waals surface area (Å²) < 4.78 is 5.90. The van der Waals surface area contributed by atoms with E-state index in [1.165, 1.54) is 4.90 Å². The molecule has 3 heterocycles. The number of benzene rings is 1. The number of thioether (sulfide) groups is 1. The van der Waals surface area contributed by atoms with Gasteiger partial charge in [-0.1, -0.05) is 11.6 Å². The number of rotatable bonds is 2. The maximum absolute atomic E-state index is 6.70. The summed E-state index contributed by atoms with van der Waals surface area (Å²) in [5.41, 5.74) is 10.2. The largest absolute Gasteiger partial charge is 0.384 e. The fourth-order valence-corrected chi connectivity index (χ4v) is 4.88. The fourth-order valence-electron chi connectivity index (χ4n) is 3.62. The van der Waals surface area contributed by atoms with Crippen molar-refractivity contribution >= 4 is 40.6 Å². The number of anilines is 3. The van der Waals surface area contributed by atoms with Crippen molar-refractivity contribution in [2.45, 2.75) is 24.3 Å². The Balaban J connectivity index is 1.76. The maximum Gasteiger partial charge on any atom is 0.125 e. The summed E-state index contributed by atoms with van der Waals surface area (Å²) in [4.78, 5) is 7.87. The first kappa shape index (κ1) is 17.8. The van der Waals surface area contributed by atoms with E-state index >= 15 is 0 Å². The van der Waals surface area contributed by atoms with Crippen LogP contribution in [0.4, 0.5) is 17.2 Å². The molecule has 1 saturated heterocycles. The average molecular weight is 391 g/mol. The topological polar surface area (TPSA) is 63.4 Å². The molecule has 1 aromatic carbocycles. The van der Waals surface area contributed by atoms with Crippen LogP contribution in [0.2, 0.25) is 5.02 Å². The van der Waals surface area contributed by atoms with Crippen LogP contribution in [0.1, 0.15) is 23.7 Å². The van der Waals surface area contributed by atoms with Crippen molar-refractivity contribution in [3.05, 3.63) is 40.5 Å². The second-order valence-electron chi connectivity index (χ2n) is 6.67. The molecule has 0 saturated carbocycles. The van der Waals surface area contributed by atoms with Crippen LogP contribution in [0.15, 0.2) is 29.2 Å². The molecule has 0 bridgehead atoms. The van der Waals surface area contributed by atoms with Gasteiger partial charge in [0.1, 0.15) is 5.82 Å². The third kappa shape index (κ3) is 3.59. The minimum atomic E-state index is 0.0465. The van der Waals surface area contributed by atoms with Gasteiger partial charge in [0.25, 0.3) is 0 Å². The van der Waals surface area contributed by atoms with E-state index in [-0.39, 0.29) is 6.04 Å². The molecule has 7 heteroatoms. The molecule has 0 radical (unpaired) electrons.